The van der Waals surface area contributed by atoms with Crippen molar-refractivity contribution in [1.82, 2.24) is 10.2 Å². The first kappa shape index (κ1) is 18.4. The molecule has 4 nitrogen and oxygen atoms in total. The zero-order valence-electron chi connectivity index (χ0n) is 14.1. The van der Waals surface area contributed by atoms with Gasteiger partial charge in [-0.2, -0.15) is 11.8 Å². The van der Waals surface area contributed by atoms with Crippen LogP contribution in [0.5, 0.6) is 5.75 Å². The molecule has 128 valence electrons. The lowest BCUT2D eigenvalue weighted by Crippen LogP contribution is -3.13. The first-order chi connectivity index (χ1) is 11.2. The number of ether oxygens (including phenoxy) is 1. The van der Waals surface area contributed by atoms with Crippen LogP contribution in [0.1, 0.15) is 12.0 Å². The summed E-state index contributed by atoms with van der Waals surface area (Å²) in [7, 11) is 1.71. The van der Waals surface area contributed by atoms with Crippen LogP contribution in [0.25, 0.3) is 0 Å². The second kappa shape index (κ2) is 10.0. The minimum absolute atomic E-state index is 0.923. The summed E-state index contributed by atoms with van der Waals surface area (Å²) in [6.07, 6.45) is 3.31. The third-order valence-corrected chi connectivity index (χ3v) is 5.27. The number of quaternary nitrogens is 1. The number of benzene rings is 1. The van der Waals surface area contributed by atoms with Crippen molar-refractivity contribution in [3.8, 4) is 5.75 Å². The molecule has 1 aromatic rings. The summed E-state index contributed by atoms with van der Waals surface area (Å²) in [5.74, 6) is 2.11. The molecule has 23 heavy (non-hydrogen) atoms. The summed E-state index contributed by atoms with van der Waals surface area (Å²) < 4.78 is 5.21. The van der Waals surface area contributed by atoms with Crippen LogP contribution in [0, 0.1) is 0 Å². The smallest absolute Gasteiger partial charge is 0.169 e. The summed E-state index contributed by atoms with van der Waals surface area (Å²) in [6.45, 7) is 6.42. The molecule has 2 rings (SSSR count). The average molecular weight is 355 g/mol. The molecule has 0 bridgehead atoms. The second-order valence-electron chi connectivity index (χ2n) is 5.84. The van der Waals surface area contributed by atoms with Gasteiger partial charge in [0.2, 0.25) is 0 Å². The lowest BCUT2D eigenvalue weighted by Gasteiger charge is -2.34. The quantitative estimate of drug-likeness (QED) is 0.564. The van der Waals surface area contributed by atoms with E-state index in [1.165, 1.54) is 17.7 Å². The lowest BCUT2D eigenvalue weighted by atomic mass is 10.2. The number of hydrogen-bond donors (Lipinski definition) is 2. The summed E-state index contributed by atoms with van der Waals surface area (Å²) in [5, 5.41) is 4.31. The van der Waals surface area contributed by atoms with E-state index in [0.717, 1.165) is 50.1 Å². The molecule has 0 unspecified atom stereocenters. The van der Waals surface area contributed by atoms with Crippen LogP contribution in [0.15, 0.2) is 24.3 Å². The van der Waals surface area contributed by atoms with Crippen LogP contribution < -0.4 is 15.0 Å². The number of thioether (sulfide) groups is 1. The third-order valence-electron chi connectivity index (χ3n) is 4.17. The van der Waals surface area contributed by atoms with E-state index in [2.05, 4.69) is 28.6 Å². The van der Waals surface area contributed by atoms with Crippen molar-refractivity contribution < 1.29 is 9.64 Å². The first-order valence-electron chi connectivity index (χ1n) is 8.21. The molecule has 0 amide bonds. The molecule has 1 aliphatic heterocycles. The Kier molecular flexibility index (Phi) is 7.99. The van der Waals surface area contributed by atoms with Crippen molar-refractivity contribution in [2.24, 2.45) is 0 Å². The fraction of sp³-hybridized carbons (Fsp3) is 0.588. The molecular weight excluding hydrogens is 326 g/mol. The SMILES string of the molecule is COc1ccc(C[NH+]2CCN(C(=S)NCCCSC)CC2)cc1. The molecular formula is C17H28N3OS2+. The van der Waals surface area contributed by atoms with E-state index >= 15 is 0 Å². The first-order valence-corrected chi connectivity index (χ1v) is 10.0. The maximum absolute atomic E-state index is 5.50. The van der Waals surface area contributed by atoms with Gasteiger partial charge >= 0.3 is 0 Å². The minimum atomic E-state index is 0.923. The van der Waals surface area contributed by atoms with Gasteiger partial charge < -0.3 is 19.9 Å². The fourth-order valence-electron chi connectivity index (χ4n) is 2.76. The number of hydrogen-bond acceptors (Lipinski definition) is 3. The highest BCUT2D eigenvalue weighted by molar-refractivity contribution is 7.98. The lowest BCUT2D eigenvalue weighted by molar-refractivity contribution is -0.917. The Morgan fingerprint density at radius 2 is 2.00 bits per heavy atom. The van der Waals surface area contributed by atoms with Gasteiger partial charge in [0.25, 0.3) is 0 Å². The zero-order chi connectivity index (χ0) is 16.5. The normalized spacial score (nSPS) is 15.5. The predicted octanol–water partition coefficient (Wildman–Crippen LogP) is 1.02. The van der Waals surface area contributed by atoms with Gasteiger partial charge in [0.15, 0.2) is 5.11 Å². The molecule has 0 atom stereocenters. The van der Waals surface area contributed by atoms with Crippen molar-refractivity contribution in [1.29, 1.82) is 0 Å². The van der Waals surface area contributed by atoms with Crippen LogP contribution in [0.3, 0.4) is 0 Å². The monoisotopic (exact) mass is 354 g/mol. The standard InChI is InChI=1S/C17H27N3OS2/c1-21-16-6-4-15(5-7-16)14-19-9-11-20(12-10-19)17(22)18-8-3-13-23-2/h4-7H,3,8-14H2,1-2H3,(H,18,22)/p+1. The number of methoxy groups -OCH3 is 1. The Labute approximate surface area is 149 Å². The number of nitrogens with one attached hydrogen (secondary N) is 2. The highest BCUT2D eigenvalue weighted by Gasteiger charge is 2.21. The molecule has 0 spiro atoms. The Balaban J connectivity index is 1.69. The van der Waals surface area contributed by atoms with Crippen molar-refractivity contribution >= 4 is 29.1 Å². The van der Waals surface area contributed by atoms with Gasteiger partial charge in [-0.05, 0) is 54.9 Å². The molecule has 6 heteroatoms. The van der Waals surface area contributed by atoms with Crippen molar-refractivity contribution in [2.45, 2.75) is 13.0 Å². The number of thiocarbonyl (C=S) groups is 1. The summed E-state index contributed by atoms with van der Waals surface area (Å²) in [4.78, 5) is 3.93. The molecule has 0 saturated carbocycles. The van der Waals surface area contributed by atoms with Crippen LogP contribution in [-0.2, 0) is 6.54 Å². The van der Waals surface area contributed by atoms with Crippen molar-refractivity contribution in [3.63, 3.8) is 0 Å². The molecule has 1 aromatic carbocycles. The highest BCUT2D eigenvalue weighted by atomic mass is 32.2. The molecule has 0 aliphatic carbocycles. The van der Waals surface area contributed by atoms with Gasteiger partial charge in [-0.15, -0.1) is 0 Å². The summed E-state index contributed by atoms with van der Waals surface area (Å²) in [5.41, 5.74) is 1.37. The molecule has 1 heterocycles. The van der Waals surface area contributed by atoms with Crippen LogP contribution in [-0.4, -0.2) is 61.9 Å². The van der Waals surface area contributed by atoms with E-state index in [9.17, 15) is 0 Å². The maximum atomic E-state index is 5.50. The zero-order valence-corrected chi connectivity index (χ0v) is 15.8. The Bertz CT molecular complexity index is 473. The predicted molar refractivity (Wildman–Crippen MR) is 103 cm³/mol. The maximum Gasteiger partial charge on any atom is 0.169 e. The van der Waals surface area contributed by atoms with Crippen molar-refractivity contribution in [3.05, 3.63) is 29.8 Å². The van der Waals surface area contributed by atoms with Gasteiger partial charge in [-0.1, -0.05) is 0 Å². The van der Waals surface area contributed by atoms with E-state index in [-0.39, 0.29) is 0 Å². The van der Waals surface area contributed by atoms with Crippen molar-refractivity contribution in [2.75, 3.05) is 51.8 Å². The third kappa shape index (κ3) is 6.20. The van der Waals surface area contributed by atoms with Gasteiger partial charge in [0.1, 0.15) is 12.3 Å². The van der Waals surface area contributed by atoms with E-state index in [4.69, 9.17) is 17.0 Å². The van der Waals surface area contributed by atoms with Gasteiger partial charge in [0.05, 0.1) is 33.3 Å². The van der Waals surface area contributed by atoms with Gasteiger partial charge in [-0.25, -0.2) is 0 Å². The molecule has 0 radical (unpaired) electrons. The Morgan fingerprint density at radius 1 is 1.30 bits per heavy atom. The van der Waals surface area contributed by atoms with Gasteiger partial charge in [-0.3, -0.25) is 0 Å². The Morgan fingerprint density at radius 3 is 2.61 bits per heavy atom. The largest absolute Gasteiger partial charge is 0.497 e. The average Bonchev–Trinajstić information content (AvgIpc) is 2.60. The topological polar surface area (TPSA) is 28.9 Å². The van der Waals surface area contributed by atoms with Crippen LogP contribution >= 0.6 is 24.0 Å². The van der Waals surface area contributed by atoms with E-state index in [1.807, 2.05) is 23.9 Å². The molecule has 1 fully saturated rings. The second-order valence-corrected chi connectivity index (χ2v) is 7.21. The molecule has 1 saturated heterocycles. The van der Waals surface area contributed by atoms with E-state index in [0.29, 0.717) is 0 Å². The molecule has 0 aromatic heterocycles. The number of rotatable bonds is 7. The Hall–Kier alpha value is -0.980. The van der Waals surface area contributed by atoms with E-state index < -0.39 is 0 Å². The number of nitrogens with zero attached hydrogens (tertiary/aromatic N) is 1. The highest BCUT2D eigenvalue weighted by Crippen LogP contribution is 2.10. The van der Waals surface area contributed by atoms with Crippen LogP contribution in [0.4, 0.5) is 0 Å². The summed E-state index contributed by atoms with van der Waals surface area (Å²) in [6, 6.07) is 8.41. The minimum Gasteiger partial charge on any atom is -0.497 e. The molecule has 2 N–H and O–H groups in total. The fourth-order valence-corrected chi connectivity index (χ4v) is 3.48. The van der Waals surface area contributed by atoms with Crippen LogP contribution in [0.2, 0.25) is 0 Å². The number of piperazine rings is 1. The van der Waals surface area contributed by atoms with E-state index in [1.54, 1.807) is 12.0 Å². The summed E-state index contributed by atoms with van der Waals surface area (Å²) >= 11 is 7.39. The molecule has 1 aliphatic rings. The van der Waals surface area contributed by atoms with Gasteiger partial charge in [0, 0.05) is 12.1 Å².